The number of hydrogen-bond acceptors (Lipinski definition) is 8. The lowest BCUT2D eigenvalue weighted by Crippen LogP contribution is -2.12. The highest BCUT2D eigenvalue weighted by molar-refractivity contribution is 7.99. The van der Waals surface area contributed by atoms with E-state index in [-0.39, 0.29) is 12.3 Å². The van der Waals surface area contributed by atoms with Crippen molar-refractivity contribution in [1.82, 2.24) is 19.6 Å². The number of benzene rings is 1. The minimum Gasteiger partial charge on any atom is -0.462 e. The van der Waals surface area contributed by atoms with Gasteiger partial charge in [-0.3, -0.25) is 9.20 Å². The summed E-state index contributed by atoms with van der Waals surface area (Å²) in [6, 6.07) is 12.0. The lowest BCUT2D eigenvalue weighted by Gasteiger charge is -2.04. The van der Waals surface area contributed by atoms with Crippen LogP contribution in [-0.4, -0.2) is 43.8 Å². The first kappa shape index (κ1) is 20.3. The topological polar surface area (TPSA) is 98.5 Å². The van der Waals surface area contributed by atoms with E-state index in [1.54, 1.807) is 13.8 Å². The summed E-state index contributed by atoms with van der Waals surface area (Å²) in [5, 5.41) is 13.5. The Hall–Kier alpha value is -2.98. The van der Waals surface area contributed by atoms with E-state index in [1.165, 1.54) is 11.8 Å². The van der Waals surface area contributed by atoms with Gasteiger partial charge in [0, 0.05) is 12.2 Å². The van der Waals surface area contributed by atoms with Crippen molar-refractivity contribution in [3.63, 3.8) is 0 Å². The number of ether oxygens (including phenoxy) is 1. The van der Waals surface area contributed by atoms with Crippen molar-refractivity contribution in [3.8, 4) is 0 Å². The number of carbonyl (C=O) groups is 2. The third-order valence-electron chi connectivity index (χ3n) is 4.31. The van der Waals surface area contributed by atoms with Gasteiger partial charge in [-0.25, -0.2) is 9.78 Å². The van der Waals surface area contributed by atoms with E-state index in [1.807, 2.05) is 40.8 Å². The molecule has 0 fully saturated rings. The number of anilines is 1. The molecule has 154 valence electrons. The normalized spacial score (nSPS) is 11.1. The number of thiazole rings is 1. The number of hydrogen-bond donors (Lipinski definition) is 1. The fraction of sp³-hybridized carbons (Fsp3) is 0.250. The second kappa shape index (κ2) is 8.80. The first-order chi connectivity index (χ1) is 14.6. The van der Waals surface area contributed by atoms with Gasteiger partial charge in [0.05, 0.1) is 17.8 Å². The Kier molecular flexibility index (Phi) is 5.96. The molecule has 0 saturated heterocycles. The van der Waals surface area contributed by atoms with Crippen LogP contribution >= 0.6 is 23.1 Å². The Balaban J connectivity index is 1.39. The Morgan fingerprint density at radius 2 is 2.03 bits per heavy atom. The van der Waals surface area contributed by atoms with Gasteiger partial charge in [-0.05, 0) is 37.4 Å². The molecule has 0 unspecified atom stereocenters. The van der Waals surface area contributed by atoms with E-state index in [0.29, 0.717) is 28.1 Å². The molecule has 30 heavy (non-hydrogen) atoms. The van der Waals surface area contributed by atoms with Gasteiger partial charge in [0.1, 0.15) is 4.88 Å². The number of amides is 1. The van der Waals surface area contributed by atoms with Crippen LogP contribution < -0.4 is 5.32 Å². The van der Waals surface area contributed by atoms with Crippen molar-refractivity contribution in [3.05, 3.63) is 47.0 Å². The van der Waals surface area contributed by atoms with Crippen LogP contribution in [0.3, 0.4) is 0 Å². The molecular weight excluding hydrogens is 422 g/mol. The zero-order chi connectivity index (χ0) is 21.1. The number of nitrogens with zero attached hydrogens (tertiary/aromatic N) is 4. The maximum atomic E-state index is 12.3. The van der Waals surface area contributed by atoms with Gasteiger partial charge in [-0.1, -0.05) is 41.3 Å². The third-order valence-corrected chi connectivity index (χ3v) is 6.30. The minimum absolute atomic E-state index is 0.176. The molecule has 0 atom stereocenters. The van der Waals surface area contributed by atoms with Crippen molar-refractivity contribution in [1.29, 1.82) is 0 Å². The number of pyridine rings is 1. The summed E-state index contributed by atoms with van der Waals surface area (Å²) < 4.78 is 6.99. The van der Waals surface area contributed by atoms with Crippen molar-refractivity contribution >= 4 is 56.7 Å². The Bertz CT molecular complexity index is 1230. The number of aromatic nitrogens is 4. The number of aryl methyl sites for hydroxylation is 1. The summed E-state index contributed by atoms with van der Waals surface area (Å²) in [6.07, 6.45) is 0.276. The summed E-state index contributed by atoms with van der Waals surface area (Å²) in [5.41, 5.74) is 2.34. The summed E-state index contributed by atoms with van der Waals surface area (Å²) >= 11 is 2.59. The smallest absolute Gasteiger partial charge is 0.350 e. The van der Waals surface area contributed by atoms with Gasteiger partial charge in [-0.15, -0.1) is 10.2 Å². The van der Waals surface area contributed by atoms with Crippen LogP contribution in [-0.2, 0) is 9.53 Å². The van der Waals surface area contributed by atoms with E-state index in [2.05, 4.69) is 20.5 Å². The molecule has 4 rings (SSSR count). The first-order valence-electron chi connectivity index (χ1n) is 9.37. The molecule has 1 aromatic carbocycles. The molecule has 0 bridgehead atoms. The maximum Gasteiger partial charge on any atom is 0.350 e. The van der Waals surface area contributed by atoms with E-state index >= 15 is 0 Å². The molecule has 0 aliphatic carbocycles. The molecule has 8 nitrogen and oxygen atoms in total. The number of esters is 1. The summed E-state index contributed by atoms with van der Waals surface area (Å²) in [5.74, 6) is -0.0647. The number of fused-ring (bicyclic) bond motifs is 3. The van der Waals surface area contributed by atoms with Crippen LogP contribution in [0.25, 0.3) is 16.6 Å². The SMILES string of the molecule is CCOC(=O)c1sc(NC(=O)CCSc2nnc3ccc4ccccc4n23)nc1C. The molecule has 0 saturated carbocycles. The van der Waals surface area contributed by atoms with Crippen molar-refractivity contribution < 1.29 is 14.3 Å². The van der Waals surface area contributed by atoms with Crippen LogP contribution in [0.2, 0.25) is 0 Å². The van der Waals surface area contributed by atoms with E-state index < -0.39 is 5.97 Å². The third kappa shape index (κ3) is 4.14. The van der Waals surface area contributed by atoms with Crippen molar-refractivity contribution in [2.24, 2.45) is 0 Å². The van der Waals surface area contributed by atoms with Crippen molar-refractivity contribution in [2.45, 2.75) is 25.4 Å². The second-order valence-electron chi connectivity index (χ2n) is 6.37. The monoisotopic (exact) mass is 441 g/mol. The van der Waals surface area contributed by atoms with Gasteiger partial charge in [0.15, 0.2) is 15.9 Å². The average molecular weight is 442 g/mol. The molecule has 0 radical (unpaired) electrons. The largest absolute Gasteiger partial charge is 0.462 e. The summed E-state index contributed by atoms with van der Waals surface area (Å²) in [7, 11) is 0. The van der Waals surface area contributed by atoms with Gasteiger partial charge >= 0.3 is 5.97 Å². The predicted octanol–water partition coefficient (Wildman–Crippen LogP) is 3.95. The molecule has 3 heterocycles. The quantitative estimate of drug-likeness (QED) is 0.342. The maximum absolute atomic E-state index is 12.3. The molecule has 0 aliphatic heterocycles. The van der Waals surface area contributed by atoms with E-state index in [4.69, 9.17) is 4.74 Å². The van der Waals surface area contributed by atoms with E-state index in [0.717, 1.165) is 33.0 Å². The zero-order valence-corrected chi connectivity index (χ0v) is 18.0. The summed E-state index contributed by atoms with van der Waals surface area (Å²) in [4.78, 5) is 28.8. The molecule has 1 N–H and O–H groups in total. The molecule has 4 aromatic rings. The Morgan fingerprint density at radius 1 is 1.20 bits per heavy atom. The number of nitrogens with one attached hydrogen (secondary N) is 1. The number of thioether (sulfide) groups is 1. The lowest BCUT2D eigenvalue weighted by molar-refractivity contribution is -0.115. The second-order valence-corrected chi connectivity index (χ2v) is 8.43. The predicted molar refractivity (Wildman–Crippen MR) is 117 cm³/mol. The van der Waals surface area contributed by atoms with Gasteiger partial charge in [0.2, 0.25) is 5.91 Å². The minimum atomic E-state index is -0.422. The van der Waals surface area contributed by atoms with E-state index in [9.17, 15) is 9.59 Å². The number of carbonyl (C=O) groups excluding carboxylic acids is 2. The van der Waals surface area contributed by atoms with Crippen LogP contribution in [0.15, 0.2) is 41.6 Å². The Labute approximate surface area is 180 Å². The standard InChI is InChI=1S/C20H19N5O3S2/c1-3-28-18(27)17-12(2)21-19(30-17)22-16(26)10-11-29-20-24-23-15-9-8-13-6-4-5-7-14(13)25(15)20/h4-9H,3,10-11H2,1-2H3,(H,21,22,26). The number of para-hydroxylation sites is 1. The molecule has 3 aromatic heterocycles. The highest BCUT2D eigenvalue weighted by Crippen LogP contribution is 2.25. The van der Waals surface area contributed by atoms with Crippen LogP contribution in [0, 0.1) is 6.92 Å². The van der Waals surface area contributed by atoms with Crippen LogP contribution in [0.4, 0.5) is 5.13 Å². The number of rotatable bonds is 7. The van der Waals surface area contributed by atoms with Gasteiger partial charge in [-0.2, -0.15) is 0 Å². The van der Waals surface area contributed by atoms with Crippen LogP contribution in [0.1, 0.15) is 28.7 Å². The molecule has 10 heteroatoms. The molecule has 0 aliphatic rings. The molecular formula is C20H19N5O3S2. The van der Waals surface area contributed by atoms with Gasteiger partial charge in [0.25, 0.3) is 0 Å². The zero-order valence-electron chi connectivity index (χ0n) is 16.4. The fourth-order valence-electron chi connectivity index (χ4n) is 2.96. The van der Waals surface area contributed by atoms with Crippen LogP contribution in [0.5, 0.6) is 0 Å². The highest BCUT2D eigenvalue weighted by atomic mass is 32.2. The first-order valence-corrected chi connectivity index (χ1v) is 11.2. The molecule has 1 amide bonds. The van der Waals surface area contributed by atoms with Crippen molar-refractivity contribution in [2.75, 3.05) is 17.7 Å². The molecule has 0 spiro atoms. The Morgan fingerprint density at radius 3 is 2.87 bits per heavy atom. The highest BCUT2D eigenvalue weighted by Gasteiger charge is 2.17. The summed E-state index contributed by atoms with van der Waals surface area (Å²) in [6.45, 7) is 3.76. The van der Waals surface area contributed by atoms with Gasteiger partial charge < -0.3 is 10.1 Å². The lowest BCUT2D eigenvalue weighted by atomic mass is 10.2. The fourth-order valence-corrected chi connectivity index (χ4v) is 4.72. The average Bonchev–Trinajstić information content (AvgIpc) is 3.31.